The largest absolute Gasteiger partial charge is 0.530 e. The van der Waals surface area contributed by atoms with Gasteiger partial charge in [0.15, 0.2) is 0 Å². The number of pyridine rings is 1. The highest BCUT2D eigenvalue weighted by Crippen LogP contribution is 2.56. The number of nitro benzene ring substituents is 1. The maximum Gasteiger partial charge on any atom is 0.530 e. The summed E-state index contributed by atoms with van der Waals surface area (Å²) in [6, 6.07) is 8.75. The molecule has 1 aliphatic rings. The third-order valence-corrected chi connectivity index (χ3v) is 4.67. The molecule has 8 nitrogen and oxygen atoms in total. The zero-order valence-corrected chi connectivity index (χ0v) is 12.8. The molecule has 2 atom stereocenters. The first-order valence-corrected chi connectivity index (χ1v) is 8.29. The molecule has 1 aromatic carbocycles. The van der Waals surface area contributed by atoms with Gasteiger partial charge in [-0.3, -0.25) is 24.1 Å². The molecule has 120 valence electrons. The Morgan fingerprint density at radius 3 is 2.57 bits per heavy atom. The van der Waals surface area contributed by atoms with Crippen LogP contribution in [0.4, 0.5) is 5.69 Å². The Balaban J connectivity index is 1.73. The third kappa shape index (κ3) is 3.73. The predicted molar refractivity (Wildman–Crippen MR) is 80.0 cm³/mol. The van der Waals surface area contributed by atoms with E-state index in [4.69, 9.17) is 13.6 Å². The Labute approximate surface area is 131 Å². The summed E-state index contributed by atoms with van der Waals surface area (Å²) in [6.45, 7) is 0.219. The minimum atomic E-state index is -3.79. The zero-order chi connectivity index (χ0) is 16.3. The summed E-state index contributed by atoms with van der Waals surface area (Å²) in [5.74, 6) is 0.175. The van der Waals surface area contributed by atoms with Crippen molar-refractivity contribution < 1.29 is 23.1 Å². The number of phosphoric ester groups is 1. The lowest BCUT2D eigenvalue weighted by atomic mass is 10.1. The zero-order valence-electron chi connectivity index (χ0n) is 11.9. The van der Waals surface area contributed by atoms with Crippen molar-refractivity contribution in [3.05, 3.63) is 64.5 Å². The predicted octanol–water partition coefficient (Wildman–Crippen LogP) is 3.65. The lowest BCUT2D eigenvalue weighted by molar-refractivity contribution is -0.384. The third-order valence-electron chi connectivity index (χ3n) is 3.23. The number of nitro groups is 1. The molecule has 3 rings (SSSR count). The van der Waals surface area contributed by atoms with E-state index in [1.54, 1.807) is 24.5 Å². The van der Waals surface area contributed by atoms with Gasteiger partial charge in [0.05, 0.1) is 17.6 Å². The summed E-state index contributed by atoms with van der Waals surface area (Å²) in [7, 11) is -3.79. The Morgan fingerprint density at radius 1 is 1.22 bits per heavy atom. The van der Waals surface area contributed by atoms with Crippen LogP contribution in [0.25, 0.3) is 0 Å². The normalized spacial score (nSPS) is 24.1. The lowest BCUT2D eigenvalue weighted by Gasteiger charge is -2.28. The van der Waals surface area contributed by atoms with Gasteiger partial charge in [-0.15, -0.1) is 0 Å². The number of aromatic nitrogens is 1. The summed E-state index contributed by atoms with van der Waals surface area (Å²) in [6.07, 6.45) is 3.36. The summed E-state index contributed by atoms with van der Waals surface area (Å²) in [4.78, 5) is 14.0. The Hall–Kier alpha value is -2.28. The number of hydrogen-bond donors (Lipinski definition) is 0. The van der Waals surface area contributed by atoms with E-state index in [0.29, 0.717) is 6.42 Å². The second-order valence-electron chi connectivity index (χ2n) is 4.79. The molecule has 1 fully saturated rings. The summed E-state index contributed by atoms with van der Waals surface area (Å²) in [5.41, 5.74) is 0.742. The van der Waals surface area contributed by atoms with Gasteiger partial charge in [-0.05, 0) is 29.8 Å². The number of non-ortho nitro benzene ring substituents is 1. The van der Waals surface area contributed by atoms with Crippen LogP contribution in [0.3, 0.4) is 0 Å². The number of phosphoric acid groups is 1. The average molecular weight is 336 g/mol. The van der Waals surface area contributed by atoms with Crippen LogP contribution in [-0.2, 0) is 13.6 Å². The van der Waals surface area contributed by atoms with Crippen molar-refractivity contribution in [3.8, 4) is 5.75 Å². The molecule has 23 heavy (non-hydrogen) atoms. The van der Waals surface area contributed by atoms with Gasteiger partial charge in [0.1, 0.15) is 5.75 Å². The summed E-state index contributed by atoms with van der Waals surface area (Å²) in [5, 5.41) is 10.6. The van der Waals surface area contributed by atoms with Crippen LogP contribution in [0.15, 0.2) is 48.8 Å². The van der Waals surface area contributed by atoms with Crippen LogP contribution < -0.4 is 4.52 Å². The molecular formula is C14H13N2O6P. The van der Waals surface area contributed by atoms with Crippen molar-refractivity contribution in [2.45, 2.75) is 12.5 Å². The maximum absolute atomic E-state index is 12.6. The topological polar surface area (TPSA) is 101 Å². The monoisotopic (exact) mass is 336 g/mol. The van der Waals surface area contributed by atoms with E-state index in [-0.39, 0.29) is 18.0 Å². The maximum atomic E-state index is 12.6. The number of benzene rings is 1. The van der Waals surface area contributed by atoms with E-state index in [1.165, 1.54) is 24.3 Å². The SMILES string of the molecule is O=[N+]([O-])c1ccc(O[P@]2(=O)OCC[C@H](c3ccncc3)O2)cc1. The first-order valence-electron chi connectivity index (χ1n) is 6.83. The van der Waals surface area contributed by atoms with E-state index < -0.39 is 18.8 Å². The smallest absolute Gasteiger partial charge is 0.404 e. The molecule has 1 aromatic heterocycles. The average Bonchev–Trinajstić information content (AvgIpc) is 2.56. The lowest BCUT2D eigenvalue weighted by Crippen LogP contribution is -2.16. The van der Waals surface area contributed by atoms with E-state index in [9.17, 15) is 14.7 Å². The molecule has 0 aliphatic carbocycles. The first-order chi connectivity index (χ1) is 11.1. The highest BCUT2D eigenvalue weighted by atomic mass is 31.2. The molecule has 0 spiro atoms. The van der Waals surface area contributed by atoms with Crippen molar-refractivity contribution in [1.29, 1.82) is 0 Å². The van der Waals surface area contributed by atoms with Crippen LogP contribution in [0.5, 0.6) is 5.75 Å². The molecule has 0 amide bonds. The van der Waals surface area contributed by atoms with Crippen molar-refractivity contribution in [1.82, 2.24) is 4.98 Å². The van der Waals surface area contributed by atoms with Crippen LogP contribution in [0.1, 0.15) is 18.1 Å². The minimum Gasteiger partial charge on any atom is -0.404 e. The molecule has 2 heterocycles. The van der Waals surface area contributed by atoms with Crippen LogP contribution in [0, 0.1) is 10.1 Å². The molecule has 0 saturated carbocycles. The molecule has 9 heteroatoms. The highest BCUT2D eigenvalue weighted by Gasteiger charge is 2.37. The minimum absolute atomic E-state index is 0.0872. The van der Waals surface area contributed by atoms with Crippen molar-refractivity contribution >= 4 is 13.5 Å². The van der Waals surface area contributed by atoms with Crippen molar-refractivity contribution in [2.24, 2.45) is 0 Å². The summed E-state index contributed by atoms with van der Waals surface area (Å²) >= 11 is 0. The van der Waals surface area contributed by atoms with Gasteiger partial charge < -0.3 is 4.52 Å². The molecule has 0 radical (unpaired) electrons. The van der Waals surface area contributed by atoms with Gasteiger partial charge in [-0.1, -0.05) is 0 Å². The first kappa shape index (κ1) is 15.6. The van der Waals surface area contributed by atoms with Gasteiger partial charge in [0.25, 0.3) is 5.69 Å². The van der Waals surface area contributed by atoms with Gasteiger partial charge in [0.2, 0.25) is 0 Å². The van der Waals surface area contributed by atoms with Gasteiger partial charge >= 0.3 is 7.82 Å². The molecule has 1 aliphatic heterocycles. The van der Waals surface area contributed by atoms with E-state index in [2.05, 4.69) is 4.98 Å². The quantitative estimate of drug-likeness (QED) is 0.477. The van der Waals surface area contributed by atoms with Crippen molar-refractivity contribution in [2.75, 3.05) is 6.61 Å². The van der Waals surface area contributed by atoms with E-state index in [0.717, 1.165) is 5.56 Å². The van der Waals surface area contributed by atoms with Gasteiger partial charge in [0, 0.05) is 30.9 Å². The second kappa shape index (κ2) is 6.45. The Morgan fingerprint density at radius 2 is 1.91 bits per heavy atom. The number of rotatable bonds is 4. The molecule has 0 N–H and O–H groups in total. The second-order valence-corrected chi connectivity index (χ2v) is 6.33. The van der Waals surface area contributed by atoms with E-state index in [1.807, 2.05) is 0 Å². The Kier molecular flexibility index (Phi) is 4.38. The molecule has 0 bridgehead atoms. The standard InChI is InChI=1S/C14H13N2O6P/c17-16(18)12-1-3-13(4-2-12)21-23(19)20-10-7-14(22-23)11-5-8-15-9-6-11/h1-6,8-9,14H,7,10H2/t14-,23+/m1/s1. The molecule has 2 aromatic rings. The molecule has 0 unspecified atom stereocenters. The Bertz CT molecular complexity index is 737. The highest BCUT2D eigenvalue weighted by molar-refractivity contribution is 7.49. The summed E-state index contributed by atoms with van der Waals surface area (Å²) < 4.78 is 28.5. The van der Waals surface area contributed by atoms with Gasteiger partial charge in [-0.2, -0.15) is 0 Å². The van der Waals surface area contributed by atoms with Crippen molar-refractivity contribution in [3.63, 3.8) is 0 Å². The molecule has 1 saturated heterocycles. The van der Waals surface area contributed by atoms with Crippen LogP contribution in [-0.4, -0.2) is 16.5 Å². The fraction of sp³-hybridized carbons (Fsp3) is 0.214. The number of nitrogens with zero attached hydrogens (tertiary/aromatic N) is 2. The fourth-order valence-electron chi connectivity index (χ4n) is 2.12. The number of hydrogen-bond acceptors (Lipinski definition) is 7. The van der Waals surface area contributed by atoms with E-state index >= 15 is 0 Å². The molecular weight excluding hydrogens is 323 g/mol. The van der Waals surface area contributed by atoms with Gasteiger partial charge in [-0.25, -0.2) is 4.57 Å². The fourth-order valence-corrected chi connectivity index (χ4v) is 3.53. The van der Waals surface area contributed by atoms with Crippen LogP contribution >= 0.6 is 7.82 Å². The van der Waals surface area contributed by atoms with Crippen LogP contribution in [0.2, 0.25) is 0 Å².